The smallest absolute Gasteiger partial charge is 0.257 e. The predicted octanol–water partition coefficient (Wildman–Crippen LogP) is 3.29. The van der Waals surface area contributed by atoms with Crippen molar-refractivity contribution in [2.75, 3.05) is 13.1 Å². The normalized spacial score (nSPS) is 15.2. The molecule has 1 aliphatic heterocycles. The van der Waals surface area contributed by atoms with Gasteiger partial charge < -0.3 is 19.2 Å². The molecular formula is C21H23N3O3. The number of nitrogens with zero attached hydrogens (tertiary/aromatic N) is 2. The van der Waals surface area contributed by atoms with E-state index in [4.69, 9.17) is 4.42 Å². The Labute approximate surface area is 157 Å². The van der Waals surface area contributed by atoms with E-state index >= 15 is 0 Å². The van der Waals surface area contributed by atoms with Crippen molar-refractivity contribution in [3.63, 3.8) is 0 Å². The number of piperidine rings is 1. The van der Waals surface area contributed by atoms with Gasteiger partial charge in [0, 0.05) is 42.8 Å². The third-order valence-electron chi connectivity index (χ3n) is 5.26. The fourth-order valence-electron chi connectivity index (χ4n) is 3.75. The maximum Gasteiger partial charge on any atom is 0.257 e. The van der Waals surface area contributed by atoms with Gasteiger partial charge in [0.1, 0.15) is 6.26 Å². The minimum absolute atomic E-state index is 0.0143. The number of likely N-dealkylation sites (tertiary alicyclic amines) is 1. The van der Waals surface area contributed by atoms with E-state index in [9.17, 15) is 9.59 Å². The van der Waals surface area contributed by atoms with Crippen molar-refractivity contribution in [3.05, 3.63) is 60.2 Å². The number of carbonyl (C=O) groups excluding carboxylic acids is 2. The molecule has 0 saturated carbocycles. The number of para-hydroxylation sites is 1. The van der Waals surface area contributed by atoms with Crippen molar-refractivity contribution in [1.29, 1.82) is 0 Å². The van der Waals surface area contributed by atoms with Gasteiger partial charge >= 0.3 is 0 Å². The molecule has 2 amide bonds. The molecule has 1 saturated heterocycles. The molecule has 27 heavy (non-hydrogen) atoms. The molecule has 140 valence electrons. The molecule has 3 heterocycles. The Kier molecular flexibility index (Phi) is 4.71. The van der Waals surface area contributed by atoms with Gasteiger partial charge in [-0.15, -0.1) is 0 Å². The van der Waals surface area contributed by atoms with Crippen LogP contribution in [0.2, 0.25) is 0 Å². The number of hydrogen-bond acceptors (Lipinski definition) is 3. The van der Waals surface area contributed by atoms with Crippen LogP contribution in [-0.2, 0) is 6.54 Å². The molecule has 1 N–H and O–H groups in total. The molecule has 6 heteroatoms. The molecule has 3 aromatic rings. The van der Waals surface area contributed by atoms with Crippen molar-refractivity contribution in [1.82, 2.24) is 14.8 Å². The summed E-state index contributed by atoms with van der Waals surface area (Å²) in [6.07, 6.45) is 6.41. The number of rotatable bonds is 4. The minimum Gasteiger partial charge on any atom is -0.472 e. The third-order valence-corrected chi connectivity index (χ3v) is 5.26. The zero-order valence-electron chi connectivity index (χ0n) is 15.4. The number of amides is 2. The first-order chi connectivity index (χ1) is 13.2. The average molecular weight is 365 g/mol. The van der Waals surface area contributed by atoms with Crippen LogP contribution in [0, 0.1) is 0 Å². The zero-order chi connectivity index (χ0) is 18.8. The number of hydrogen-bond donors (Lipinski definition) is 1. The van der Waals surface area contributed by atoms with Gasteiger partial charge in [-0.3, -0.25) is 9.59 Å². The highest BCUT2D eigenvalue weighted by Gasteiger charge is 2.26. The van der Waals surface area contributed by atoms with Gasteiger partial charge in [-0.1, -0.05) is 18.2 Å². The van der Waals surface area contributed by atoms with Gasteiger partial charge in [0.05, 0.1) is 17.4 Å². The number of carbonyl (C=O) groups is 2. The number of fused-ring (bicyclic) bond motifs is 1. The summed E-state index contributed by atoms with van der Waals surface area (Å²) in [5.41, 5.74) is 2.36. The quantitative estimate of drug-likeness (QED) is 0.771. The van der Waals surface area contributed by atoms with Crippen LogP contribution in [0.5, 0.6) is 0 Å². The number of aromatic nitrogens is 1. The van der Waals surface area contributed by atoms with Gasteiger partial charge in [0.15, 0.2) is 0 Å². The van der Waals surface area contributed by atoms with E-state index in [1.54, 1.807) is 6.07 Å². The molecule has 0 atom stereocenters. The molecule has 0 unspecified atom stereocenters. The number of benzene rings is 1. The Morgan fingerprint density at radius 2 is 1.96 bits per heavy atom. The first-order valence-electron chi connectivity index (χ1n) is 9.37. The second-order valence-electron chi connectivity index (χ2n) is 6.90. The van der Waals surface area contributed by atoms with Crippen molar-refractivity contribution in [3.8, 4) is 0 Å². The Morgan fingerprint density at radius 1 is 1.19 bits per heavy atom. The Morgan fingerprint density at radius 3 is 2.67 bits per heavy atom. The summed E-state index contributed by atoms with van der Waals surface area (Å²) in [5.74, 6) is -0.0578. The SMILES string of the molecule is CCn1cc(C(=O)NC2CCN(C(=O)c3ccoc3)CC2)c2ccccc21. The topological polar surface area (TPSA) is 67.5 Å². The third kappa shape index (κ3) is 3.35. The fraction of sp³-hybridized carbons (Fsp3) is 0.333. The van der Waals surface area contributed by atoms with E-state index in [2.05, 4.69) is 16.8 Å². The van der Waals surface area contributed by atoms with Crippen molar-refractivity contribution >= 4 is 22.7 Å². The van der Waals surface area contributed by atoms with E-state index in [1.807, 2.05) is 35.4 Å². The molecule has 6 nitrogen and oxygen atoms in total. The van der Waals surface area contributed by atoms with Gasteiger partial charge in [-0.25, -0.2) is 0 Å². The maximum atomic E-state index is 12.8. The highest BCUT2D eigenvalue weighted by Crippen LogP contribution is 2.22. The van der Waals surface area contributed by atoms with E-state index in [-0.39, 0.29) is 17.9 Å². The Balaban J connectivity index is 1.41. The Bertz CT molecular complexity index is 950. The lowest BCUT2D eigenvalue weighted by Crippen LogP contribution is -2.46. The van der Waals surface area contributed by atoms with Gasteiger partial charge in [0.2, 0.25) is 0 Å². The van der Waals surface area contributed by atoms with Crippen LogP contribution in [0.4, 0.5) is 0 Å². The number of furan rings is 1. The fourth-order valence-corrected chi connectivity index (χ4v) is 3.75. The monoisotopic (exact) mass is 365 g/mol. The van der Waals surface area contributed by atoms with Crippen LogP contribution in [0.15, 0.2) is 53.5 Å². The van der Waals surface area contributed by atoms with E-state index in [0.29, 0.717) is 24.2 Å². The van der Waals surface area contributed by atoms with Crippen LogP contribution >= 0.6 is 0 Å². The summed E-state index contributed by atoms with van der Waals surface area (Å²) in [7, 11) is 0. The summed E-state index contributed by atoms with van der Waals surface area (Å²) in [4.78, 5) is 27.0. The molecule has 1 aromatic carbocycles. The first kappa shape index (κ1) is 17.4. The van der Waals surface area contributed by atoms with E-state index in [1.165, 1.54) is 12.5 Å². The molecule has 0 spiro atoms. The molecular weight excluding hydrogens is 342 g/mol. The van der Waals surface area contributed by atoms with Crippen molar-refractivity contribution in [2.45, 2.75) is 32.4 Å². The number of aryl methyl sites for hydroxylation is 1. The van der Waals surface area contributed by atoms with Crippen LogP contribution in [0.1, 0.15) is 40.5 Å². The molecule has 2 aromatic heterocycles. The summed E-state index contributed by atoms with van der Waals surface area (Å²) >= 11 is 0. The van der Waals surface area contributed by atoms with Gasteiger partial charge in [-0.2, -0.15) is 0 Å². The summed E-state index contributed by atoms with van der Waals surface area (Å²) < 4.78 is 7.08. The van der Waals surface area contributed by atoms with Crippen LogP contribution < -0.4 is 5.32 Å². The summed E-state index contributed by atoms with van der Waals surface area (Å²) in [6.45, 7) is 4.15. The number of nitrogens with one attached hydrogen (secondary N) is 1. The lowest BCUT2D eigenvalue weighted by atomic mass is 10.0. The highest BCUT2D eigenvalue weighted by molar-refractivity contribution is 6.07. The molecule has 1 aliphatic rings. The highest BCUT2D eigenvalue weighted by atomic mass is 16.3. The molecule has 0 bridgehead atoms. The first-order valence-corrected chi connectivity index (χ1v) is 9.37. The minimum atomic E-state index is -0.0435. The largest absolute Gasteiger partial charge is 0.472 e. The van der Waals surface area contributed by atoms with Crippen LogP contribution in [0.3, 0.4) is 0 Å². The van der Waals surface area contributed by atoms with E-state index < -0.39 is 0 Å². The predicted molar refractivity (Wildman–Crippen MR) is 103 cm³/mol. The molecule has 0 aliphatic carbocycles. The second kappa shape index (κ2) is 7.31. The van der Waals surface area contributed by atoms with Gasteiger partial charge in [-0.05, 0) is 31.9 Å². The lowest BCUT2D eigenvalue weighted by Gasteiger charge is -2.32. The van der Waals surface area contributed by atoms with Gasteiger partial charge in [0.25, 0.3) is 11.8 Å². The Hall–Kier alpha value is -3.02. The summed E-state index contributed by atoms with van der Waals surface area (Å²) in [6, 6.07) is 9.73. The van der Waals surface area contributed by atoms with Crippen molar-refractivity contribution in [2.24, 2.45) is 0 Å². The van der Waals surface area contributed by atoms with Crippen molar-refractivity contribution < 1.29 is 14.0 Å². The standard InChI is InChI=1S/C21H23N3O3/c1-2-23-13-18(17-5-3-4-6-19(17)23)20(25)22-16-7-10-24(11-8-16)21(26)15-9-12-27-14-15/h3-6,9,12-14,16H,2,7-8,10-11H2,1H3,(H,22,25). The maximum absolute atomic E-state index is 12.8. The molecule has 1 fully saturated rings. The van der Waals surface area contributed by atoms with Crippen LogP contribution in [0.25, 0.3) is 10.9 Å². The molecule has 0 radical (unpaired) electrons. The van der Waals surface area contributed by atoms with Crippen LogP contribution in [-0.4, -0.2) is 40.4 Å². The average Bonchev–Trinajstić information content (AvgIpc) is 3.36. The van der Waals surface area contributed by atoms with E-state index in [0.717, 1.165) is 30.3 Å². The summed E-state index contributed by atoms with van der Waals surface area (Å²) in [5, 5.41) is 4.13. The molecule has 4 rings (SSSR count). The second-order valence-corrected chi connectivity index (χ2v) is 6.90. The lowest BCUT2D eigenvalue weighted by molar-refractivity contribution is 0.0697. The zero-order valence-corrected chi connectivity index (χ0v) is 15.4.